The average Bonchev–Trinajstić information content (AvgIpc) is 2.55. The van der Waals surface area contributed by atoms with Crippen LogP contribution in [0.5, 0.6) is 0 Å². The molecule has 0 bridgehead atoms. The van der Waals surface area contributed by atoms with Gasteiger partial charge in [0.1, 0.15) is 0 Å². The van der Waals surface area contributed by atoms with E-state index in [2.05, 4.69) is 53.8 Å². The first-order valence-electron chi connectivity index (χ1n) is 6.56. The monoisotopic (exact) mass is 277 g/mol. The van der Waals surface area contributed by atoms with Crippen molar-refractivity contribution in [2.45, 2.75) is 9.79 Å². The molecule has 1 nitrogen and oxygen atoms in total. The highest BCUT2D eigenvalue weighted by Gasteiger charge is 2.13. The minimum Gasteiger partial charge on any atom is -0.354 e. The van der Waals surface area contributed by atoms with Crippen LogP contribution < -0.4 is 5.32 Å². The van der Waals surface area contributed by atoms with Crippen molar-refractivity contribution in [1.82, 2.24) is 0 Å². The van der Waals surface area contributed by atoms with Crippen molar-refractivity contribution >= 4 is 23.1 Å². The lowest BCUT2D eigenvalue weighted by atomic mass is 10.2. The second-order valence-electron chi connectivity index (χ2n) is 4.37. The summed E-state index contributed by atoms with van der Waals surface area (Å²) in [5.74, 6) is 0. The van der Waals surface area contributed by atoms with Gasteiger partial charge in [0.2, 0.25) is 0 Å². The molecule has 0 aliphatic carbocycles. The van der Waals surface area contributed by atoms with Gasteiger partial charge in [-0.15, -0.1) is 0 Å². The third-order valence-corrected chi connectivity index (χ3v) is 4.08. The number of rotatable bonds is 0. The normalized spacial score (nSPS) is 11.2. The van der Waals surface area contributed by atoms with E-state index in [0.717, 1.165) is 0 Å². The molecule has 1 heterocycles. The van der Waals surface area contributed by atoms with Gasteiger partial charge in [-0.25, -0.2) is 0 Å². The molecule has 98 valence electrons. The molecule has 1 aliphatic rings. The Bertz CT molecular complexity index is 566. The molecule has 0 fully saturated rings. The highest BCUT2D eigenvalue weighted by Crippen LogP contribution is 2.43. The molecule has 0 saturated heterocycles. The fourth-order valence-electron chi connectivity index (χ4n) is 1.97. The zero-order valence-electron chi connectivity index (χ0n) is 11.0. The average molecular weight is 277 g/mol. The summed E-state index contributed by atoms with van der Waals surface area (Å²) in [7, 11) is 0. The van der Waals surface area contributed by atoms with Gasteiger partial charge in [-0.2, -0.15) is 0 Å². The zero-order chi connectivity index (χ0) is 13.6. The van der Waals surface area contributed by atoms with E-state index in [4.69, 9.17) is 0 Å². The van der Waals surface area contributed by atoms with Gasteiger partial charge in [-0.05, 0) is 24.3 Å². The molecule has 0 atom stereocenters. The van der Waals surface area contributed by atoms with Crippen LogP contribution in [0, 0.1) is 0 Å². The van der Waals surface area contributed by atoms with Crippen LogP contribution in [0.1, 0.15) is 0 Å². The standard InChI is InChI=1S/C12H9NS.C6H6/c1-3-7-11-9(5-1)13-10-6-2-4-8-12(10)14-11;1-2-4-6-5-3-1/h1-8,13H;1-6H. The van der Waals surface area contributed by atoms with Gasteiger partial charge in [0, 0.05) is 9.79 Å². The number of para-hydroxylation sites is 2. The van der Waals surface area contributed by atoms with Gasteiger partial charge in [0.05, 0.1) is 11.4 Å². The molecule has 3 aromatic carbocycles. The fraction of sp³-hybridized carbons (Fsp3) is 0. The third-order valence-electron chi connectivity index (χ3n) is 2.93. The molecular formula is C18H15NS. The Kier molecular flexibility index (Phi) is 4.04. The van der Waals surface area contributed by atoms with Gasteiger partial charge >= 0.3 is 0 Å². The number of hydrogen-bond donors (Lipinski definition) is 1. The van der Waals surface area contributed by atoms with Gasteiger partial charge in [-0.3, -0.25) is 0 Å². The van der Waals surface area contributed by atoms with Crippen molar-refractivity contribution in [3.8, 4) is 0 Å². The van der Waals surface area contributed by atoms with Crippen LogP contribution >= 0.6 is 11.8 Å². The van der Waals surface area contributed by atoms with E-state index in [1.807, 2.05) is 48.2 Å². The van der Waals surface area contributed by atoms with Gasteiger partial charge in [0.25, 0.3) is 0 Å². The van der Waals surface area contributed by atoms with Gasteiger partial charge < -0.3 is 5.32 Å². The fourth-order valence-corrected chi connectivity index (χ4v) is 2.95. The summed E-state index contributed by atoms with van der Waals surface area (Å²) in [6.45, 7) is 0. The maximum Gasteiger partial charge on any atom is 0.0526 e. The molecule has 0 aromatic heterocycles. The minimum absolute atomic E-state index is 1.20. The molecule has 1 N–H and O–H groups in total. The topological polar surface area (TPSA) is 12.0 Å². The summed E-state index contributed by atoms with van der Waals surface area (Å²) in [6.07, 6.45) is 0. The number of anilines is 2. The Labute approximate surface area is 123 Å². The van der Waals surface area contributed by atoms with Gasteiger partial charge in [-0.1, -0.05) is 72.4 Å². The first kappa shape index (κ1) is 12.8. The molecule has 0 saturated carbocycles. The quantitative estimate of drug-likeness (QED) is 0.450. The summed E-state index contributed by atoms with van der Waals surface area (Å²) in [5, 5.41) is 3.42. The molecule has 1 aliphatic heterocycles. The molecule has 0 spiro atoms. The molecule has 4 rings (SSSR count). The first-order valence-corrected chi connectivity index (χ1v) is 7.38. The van der Waals surface area contributed by atoms with Crippen LogP contribution in [0.4, 0.5) is 11.4 Å². The van der Waals surface area contributed by atoms with Crippen molar-refractivity contribution in [3.63, 3.8) is 0 Å². The lowest BCUT2D eigenvalue weighted by Crippen LogP contribution is -1.98. The molecule has 3 aromatic rings. The van der Waals surface area contributed by atoms with Crippen molar-refractivity contribution in [2.24, 2.45) is 0 Å². The van der Waals surface area contributed by atoms with Crippen molar-refractivity contribution in [1.29, 1.82) is 0 Å². The van der Waals surface area contributed by atoms with E-state index in [1.165, 1.54) is 21.2 Å². The molecule has 20 heavy (non-hydrogen) atoms. The maximum absolute atomic E-state index is 3.42. The summed E-state index contributed by atoms with van der Waals surface area (Å²) >= 11 is 1.82. The van der Waals surface area contributed by atoms with Crippen LogP contribution in [0.15, 0.2) is 94.7 Å². The summed E-state index contributed by atoms with van der Waals surface area (Å²) in [5.41, 5.74) is 2.41. The molecule has 0 amide bonds. The maximum atomic E-state index is 3.42. The second-order valence-corrected chi connectivity index (χ2v) is 5.46. The van der Waals surface area contributed by atoms with Crippen molar-refractivity contribution < 1.29 is 0 Å². The number of hydrogen-bond acceptors (Lipinski definition) is 2. The van der Waals surface area contributed by atoms with Crippen LogP contribution in [0.3, 0.4) is 0 Å². The predicted octanol–water partition coefficient (Wildman–Crippen LogP) is 5.58. The Morgan fingerprint density at radius 3 is 1.35 bits per heavy atom. The minimum atomic E-state index is 1.20. The molecule has 0 radical (unpaired) electrons. The van der Waals surface area contributed by atoms with Crippen LogP contribution in [-0.4, -0.2) is 0 Å². The lowest BCUT2D eigenvalue weighted by molar-refractivity contribution is 1.32. The number of fused-ring (bicyclic) bond motifs is 2. The van der Waals surface area contributed by atoms with E-state index in [9.17, 15) is 0 Å². The Morgan fingerprint density at radius 1 is 0.500 bits per heavy atom. The van der Waals surface area contributed by atoms with E-state index in [0.29, 0.717) is 0 Å². The SMILES string of the molecule is c1ccc2c(c1)Nc1ccccc1S2.c1ccccc1. The predicted molar refractivity (Wildman–Crippen MR) is 86.7 cm³/mol. The summed E-state index contributed by atoms with van der Waals surface area (Å²) < 4.78 is 0. The smallest absolute Gasteiger partial charge is 0.0526 e. The van der Waals surface area contributed by atoms with Crippen LogP contribution in [0.2, 0.25) is 0 Å². The molecule has 2 heteroatoms. The van der Waals surface area contributed by atoms with Gasteiger partial charge in [0.15, 0.2) is 0 Å². The van der Waals surface area contributed by atoms with E-state index in [-0.39, 0.29) is 0 Å². The lowest BCUT2D eigenvalue weighted by Gasteiger charge is -2.19. The summed E-state index contributed by atoms with van der Waals surface area (Å²) in [4.78, 5) is 2.59. The second kappa shape index (κ2) is 6.31. The van der Waals surface area contributed by atoms with Crippen LogP contribution in [0.25, 0.3) is 0 Å². The Balaban J connectivity index is 0.000000170. The number of nitrogens with one attached hydrogen (secondary N) is 1. The Hall–Kier alpha value is -2.19. The zero-order valence-corrected chi connectivity index (χ0v) is 11.8. The van der Waals surface area contributed by atoms with E-state index < -0.39 is 0 Å². The van der Waals surface area contributed by atoms with E-state index >= 15 is 0 Å². The highest BCUT2D eigenvalue weighted by molar-refractivity contribution is 7.99. The third kappa shape index (κ3) is 3.03. The molecular weight excluding hydrogens is 262 g/mol. The van der Waals surface area contributed by atoms with Crippen LogP contribution in [-0.2, 0) is 0 Å². The molecule has 0 unspecified atom stereocenters. The highest BCUT2D eigenvalue weighted by atomic mass is 32.2. The first-order chi connectivity index (χ1) is 9.93. The van der Waals surface area contributed by atoms with Crippen molar-refractivity contribution in [2.75, 3.05) is 5.32 Å². The Morgan fingerprint density at radius 2 is 0.900 bits per heavy atom. The van der Waals surface area contributed by atoms with E-state index in [1.54, 1.807) is 0 Å². The number of benzene rings is 3. The largest absolute Gasteiger partial charge is 0.354 e. The summed E-state index contributed by atoms with van der Waals surface area (Å²) in [6, 6.07) is 28.8. The van der Waals surface area contributed by atoms with Crippen molar-refractivity contribution in [3.05, 3.63) is 84.9 Å².